The van der Waals surface area contributed by atoms with E-state index in [1.54, 1.807) is 7.11 Å². The number of nitrogens with zero attached hydrogens (tertiary/aromatic N) is 3. The molecule has 0 aliphatic carbocycles. The molecule has 26 heavy (non-hydrogen) atoms. The number of rotatable bonds is 4. The second-order valence-corrected chi connectivity index (χ2v) is 7.73. The number of carbonyl (C=O) groups excluding carboxylic acids is 1. The monoisotopic (exact) mass is 358 g/mol. The van der Waals surface area contributed by atoms with Gasteiger partial charge in [0.05, 0.1) is 13.7 Å². The summed E-state index contributed by atoms with van der Waals surface area (Å²) in [6, 6.07) is 9.43. The normalized spacial score (nSPS) is 26.7. The van der Waals surface area contributed by atoms with Crippen molar-refractivity contribution in [3.63, 3.8) is 0 Å². The molecule has 3 aliphatic rings. The smallest absolute Gasteiger partial charge is 0.236 e. The van der Waals surface area contributed by atoms with Crippen LogP contribution in [0.2, 0.25) is 0 Å². The van der Waals surface area contributed by atoms with Crippen LogP contribution >= 0.6 is 0 Å². The van der Waals surface area contributed by atoms with Crippen molar-refractivity contribution in [3.8, 4) is 5.75 Å². The van der Waals surface area contributed by atoms with Crippen molar-refractivity contribution in [2.45, 2.75) is 31.3 Å². The summed E-state index contributed by atoms with van der Waals surface area (Å²) in [6.45, 7) is 6.05. The van der Waals surface area contributed by atoms with Gasteiger partial charge in [-0.25, -0.2) is 0 Å². The fourth-order valence-corrected chi connectivity index (χ4v) is 4.46. The van der Waals surface area contributed by atoms with E-state index in [1.165, 1.54) is 24.9 Å². The van der Waals surface area contributed by atoms with Gasteiger partial charge in [-0.15, -0.1) is 0 Å². The van der Waals surface area contributed by atoms with E-state index in [9.17, 15) is 4.79 Å². The fourth-order valence-electron chi connectivity index (χ4n) is 4.46. The lowest BCUT2D eigenvalue weighted by Crippen LogP contribution is -2.52. The molecule has 0 radical (unpaired) electrons. The van der Waals surface area contributed by atoms with Crippen LogP contribution in [0.1, 0.15) is 19.3 Å². The maximum Gasteiger partial charge on any atom is 0.236 e. The third kappa shape index (κ3) is 3.96. The number of ether oxygens (including phenoxy) is 1. The van der Waals surface area contributed by atoms with Crippen LogP contribution in [-0.2, 0) is 4.79 Å². The molecule has 3 saturated heterocycles. The number of carbonyl (C=O) groups is 1. The van der Waals surface area contributed by atoms with Gasteiger partial charge in [-0.1, -0.05) is 0 Å². The number of hydrogen-bond acceptors (Lipinski definition) is 5. The topological polar surface area (TPSA) is 48.1 Å². The summed E-state index contributed by atoms with van der Waals surface area (Å²) in [7, 11) is 1.69. The molecule has 1 aromatic carbocycles. The minimum Gasteiger partial charge on any atom is -0.497 e. The van der Waals surface area contributed by atoms with Crippen molar-refractivity contribution in [1.29, 1.82) is 0 Å². The van der Waals surface area contributed by atoms with Crippen molar-refractivity contribution < 1.29 is 9.53 Å². The molecule has 1 N–H and O–H groups in total. The Morgan fingerprint density at radius 2 is 1.77 bits per heavy atom. The number of anilines is 1. The SMILES string of the molecule is COc1ccc(N2CCN(C(=O)CN3CCC4CCC(C3)N4)CC2)cc1. The standard InChI is InChI=1S/C20H30N4O2/c1-26-19-6-4-18(5-7-19)23-10-12-24(13-11-23)20(25)15-22-9-8-16-2-3-17(14-22)21-16/h4-7,16-17,21H,2-3,8-15H2,1H3. The summed E-state index contributed by atoms with van der Waals surface area (Å²) < 4.78 is 5.22. The van der Waals surface area contributed by atoms with E-state index in [0.717, 1.165) is 45.0 Å². The first-order valence-corrected chi connectivity index (χ1v) is 9.86. The Hall–Kier alpha value is -1.79. The highest BCUT2D eigenvalue weighted by atomic mass is 16.5. The molecule has 1 amide bonds. The number of amides is 1. The lowest BCUT2D eigenvalue weighted by Gasteiger charge is -2.37. The highest BCUT2D eigenvalue weighted by Gasteiger charge is 2.31. The molecule has 142 valence electrons. The van der Waals surface area contributed by atoms with Crippen LogP contribution in [0.3, 0.4) is 0 Å². The van der Waals surface area contributed by atoms with E-state index in [4.69, 9.17) is 4.74 Å². The average Bonchev–Trinajstić information content (AvgIpc) is 3.03. The Kier molecular flexibility index (Phi) is 5.31. The Labute approximate surface area is 156 Å². The molecule has 6 heteroatoms. The maximum atomic E-state index is 12.7. The van der Waals surface area contributed by atoms with Gasteiger partial charge in [0.1, 0.15) is 5.75 Å². The average molecular weight is 358 g/mol. The number of hydrogen-bond donors (Lipinski definition) is 1. The number of likely N-dealkylation sites (tertiary alicyclic amines) is 1. The molecule has 0 saturated carbocycles. The van der Waals surface area contributed by atoms with Crippen molar-refractivity contribution in [3.05, 3.63) is 24.3 Å². The largest absolute Gasteiger partial charge is 0.497 e. The van der Waals surface area contributed by atoms with E-state index in [0.29, 0.717) is 18.6 Å². The number of nitrogens with one attached hydrogen (secondary N) is 1. The van der Waals surface area contributed by atoms with Crippen LogP contribution in [0.4, 0.5) is 5.69 Å². The molecule has 3 fully saturated rings. The second-order valence-electron chi connectivity index (χ2n) is 7.73. The zero-order valence-electron chi connectivity index (χ0n) is 15.7. The third-order valence-corrected chi connectivity index (χ3v) is 6.04. The number of methoxy groups -OCH3 is 1. The molecule has 2 bridgehead atoms. The van der Waals surface area contributed by atoms with E-state index in [2.05, 4.69) is 27.2 Å². The van der Waals surface area contributed by atoms with Crippen LogP contribution in [0.15, 0.2) is 24.3 Å². The van der Waals surface area contributed by atoms with Gasteiger partial charge in [0, 0.05) is 57.0 Å². The van der Waals surface area contributed by atoms with Gasteiger partial charge in [0.25, 0.3) is 0 Å². The number of piperazine rings is 1. The van der Waals surface area contributed by atoms with E-state index < -0.39 is 0 Å². The molecule has 6 nitrogen and oxygen atoms in total. The van der Waals surface area contributed by atoms with Crippen LogP contribution in [0.5, 0.6) is 5.75 Å². The summed E-state index contributed by atoms with van der Waals surface area (Å²) in [6.07, 6.45) is 3.74. The Bertz CT molecular complexity index is 613. The van der Waals surface area contributed by atoms with E-state index in [1.807, 2.05) is 17.0 Å². The predicted octanol–water partition coefficient (Wildman–Crippen LogP) is 1.17. The van der Waals surface area contributed by atoms with Gasteiger partial charge in [-0.2, -0.15) is 0 Å². The minimum atomic E-state index is 0.289. The van der Waals surface area contributed by atoms with Gasteiger partial charge in [0.15, 0.2) is 0 Å². The van der Waals surface area contributed by atoms with Crippen LogP contribution in [0, 0.1) is 0 Å². The summed E-state index contributed by atoms with van der Waals surface area (Å²) in [4.78, 5) is 19.5. The molecule has 0 spiro atoms. The molecule has 3 heterocycles. The molecule has 2 unspecified atom stereocenters. The van der Waals surface area contributed by atoms with Gasteiger partial charge in [0.2, 0.25) is 5.91 Å². The fraction of sp³-hybridized carbons (Fsp3) is 0.650. The van der Waals surface area contributed by atoms with Crippen molar-refractivity contribution in [1.82, 2.24) is 15.1 Å². The predicted molar refractivity (Wildman–Crippen MR) is 103 cm³/mol. The van der Waals surface area contributed by atoms with Gasteiger partial charge < -0.3 is 19.9 Å². The molecule has 4 rings (SSSR count). The molecular formula is C20H30N4O2. The molecule has 1 aromatic rings. The first-order chi connectivity index (χ1) is 12.7. The summed E-state index contributed by atoms with van der Waals surface area (Å²) in [5.74, 6) is 1.17. The highest BCUT2D eigenvalue weighted by molar-refractivity contribution is 5.78. The lowest BCUT2D eigenvalue weighted by molar-refractivity contribution is -0.132. The molecule has 2 atom stereocenters. The number of benzene rings is 1. The van der Waals surface area contributed by atoms with Gasteiger partial charge in [-0.3, -0.25) is 9.69 Å². The summed E-state index contributed by atoms with van der Waals surface area (Å²) in [5, 5.41) is 3.69. The van der Waals surface area contributed by atoms with Gasteiger partial charge >= 0.3 is 0 Å². The zero-order chi connectivity index (χ0) is 17.9. The number of fused-ring (bicyclic) bond motifs is 2. The quantitative estimate of drug-likeness (QED) is 0.876. The Morgan fingerprint density at radius 1 is 1.04 bits per heavy atom. The van der Waals surface area contributed by atoms with E-state index in [-0.39, 0.29) is 5.91 Å². The highest BCUT2D eigenvalue weighted by Crippen LogP contribution is 2.22. The van der Waals surface area contributed by atoms with Crippen LogP contribution < -0.4 is 15.0 Å². The Balaban J connectivity index is 1.26. The molecule has 3 aliphatic heterocycles. The second kappa shape index (κ2) is 7.84. The first kappa shape index (κ1) is 17.6. The molecular weight excluding hydrogens is 328 g/mol. The maximum absolute atomic E-state index is 12.7. The van der Waals surface area contributed by atoms with E-state index >= 15 is 0 Å². The Morgan fingerprint density at radius 3 is 2.50 bits per heavy atom. The minimum absolute atomic E-state index is 0.289. The first-order valence-electron chi connectivity index (χ1n) is 9.86. The van der Waals surface area contributed by atoms with Crippen LogP contribution in [-0.4, -0.2) is 80.7 Å². The van der Waals surface area contributed by atoms with Crippen molar-refractivity contribution >= 4 is 11.6 Å². The summed E-state index contributed by atoms with van der Waals surface area (Å²) >= 11 is 0. The molecule has 0 aromatic heterocycles. The lowest BCUT2D eigenvalue weighted by atomic mass is 10.1. The van der Waals surface area contributed by atoms with Gasteiger partial charge in [-0.05, 0) is 43.5 Å². The van der Waals surface area contributed by atoms with Crippen molar-refractivity contribution in [2.24, 2.45) is 0 Å². The third-order valence-electron chi connectivity index (χ3n) is 6.04. The summed E-state index contributed by atoms with van der Waals surface area (Å²) in [5.41, 5.74) is 1.20. The zero-order valence-corrected chi connectivity index (χ0v) is 15.7. The van der Waals surface area contributed by atoms with Crippen LogP contribution in [0.25, 0.3) is 0 Å². The van der Waals surface area contributed by atoms with Crippen molar-refractivity contribution in [2.75, 3.05) is 57.8 Å².